The van der Waals surface area contributed by atoms with Gasteiger partial charge in [-0.1, -0.05) is 11.6 Å². The van der Waals surface area contributed by atoms with Gasteiger partial charge in [0, 0.05) is 35.2 Å². The molecule has 1 N–H and O–H groups in total. The van der Waals surface area contributed by atoms with E-state index in [4.69, 9.17) is 18.0 Å². The lowest BCUT2D eigenvalue weighted by molar-refractivity contribution is -0.384. The Morgan fingerprint density at radius 3 is 2.83 bits per heavy atom. The lowest BCUT2D eigenvalue weighted by Gasteiger charge is -2.10. The second-order valence-corrected chi connectivity index (χ2v) is 4.17. The molecular weight excluding hydrogens is 256 g/mol. The van der Waals surface area contributed by atoms with Crippen molar-refractivity contribution < 1.29 is 9.72 Å². The number of hydrogen-bond donors (Lipinski definition) is 1. The summed E-state index contributed by atoms with van der Waals surface area (Å²) in [5, 5.41) is 13.4. The van der Waals surface area contributed by atoms with Gasteiger partial charge in [0.2, 0.25) is 0 Å². The maximum absolute atomic E-state index is 11.8. The number of benzene rings is 1. The number of halogens is 1. The summed E-state index contributed by atoms with van der Waals surface area (Å²) in [4.78, 5) is 21.8. The number of amides is 1. The van der Waals surface area contributed by atoms with Crippen LogP contribution in [0.1, 0.15) is 23.7 Å². The van der Waals surface area contributed by atoms with Gasteiger partial charge >= 0.3 is 0 Å². The summed E-state index contributed by atoms with van der Waals surface area (Å²) >= 11 is 5.72. The van der Waals surface area contributed by atoms with E-state index in [9.17, 15) is 14.9 Å². The van der Waals surface area contributed by atoms with Crippen molar-refractivity contribution in [3.05, 3.63) is 38.9 Å². The highest BCUT2D eigenvalue weighted by Crippen LogP contribution is 2.20. The summed E-state index contributed by atoms with van der Waals surface area (Å²) in [5.41, 5.74) is -0.0877. The van der Waals surface area contributed by atoms with Crippen molar-refractivity contribution in [2.24, 2.45) is 0 Å². The fourth-order valence-corrected chi connectivity index (χ4v) is 1.57. The smallest absolute Gasteiger partial charge is 0.271 e. The van der Waals surface area contributed by atoms with E-state index in [1.54, 1.807) is 6.92 Å². The van der Waals surface area contributed by atoms with Gasteiger partial charge in [-0.2, -0.15) is 0 Å². The van der Waals surface area contributed by atoms with E-state index >= 15 is 0 Å². The predicted octanol–water partition coefficient (Wildman–Crippen LogP) is 2.39. The average molecular weight is 267 g/mol. The lowest BCUT2D eigenvalue weighted by Crippen LogP contribution is -2.32. The molecule has 1 amide bonds. The van der Waals surface area contributed by atoms with E-state index < -0.39 is 10.8 Å². The number of nitro benzene ring substituents is 1. The zero-order chi connectivity index (χ0) is 13.7. The molecule has 1 aromatic carbocycles. The molecule has 0 aliphatic heterocycles. The van der Waals surface area contributed by atoms with Crippen molar-refractivity contribution in [2.45, 2.75) is 19.4 Å². The molecule has 1 atom stereocenters. The van der Waals surface area contributed by atoms with Crippen molar-refractivity contribution in [2.75, 3.05) is 0 Å². The molecular formula is C12H11ClN2O3. The Hall–Kier alpha value is -2.06. The summed E-state index contributed by atoms with van der Waals surface area (Å²) in [6, 6.07) is 3.51. The summed E-state index contributed by atoms with van der Waals surface area (Å²) in [7, 11) is 0. The summed E-state index contributed by atoms with van der Waals surface area (Å²) in [6.45, 7) is 1.75. The fourth-order valence-electron chi connectivity index (χ4n) is 1.35. The van der Waals surface area contributed by atoms with Crippen LogP contribution in [-0.2, 0) is 0 Å². The van der Waals surface area contributed by atoms with Crippen LogP contribution >= 0.6 is 11.6 Å². The topological polar surface area (TPSA) is 72.2 Å². The first-order chi connectivity index (χ1) is 8.43. The van der Waals surface area contributed by atoms with E-state index in [0.29, 0.717) is 6.42 Å². The van der Waals surface area contributed by atoms with Crippen LogP contribution in [-0.4, -0.2) is 16.9 Å². The molecule has 0 heterocycles. The number of carbonyl (C=O) groups is 1. The van der Waals surface area contributed by atoms with Gasteiger partial charge in [0.1, 0.15) is 0 Å². The lowest BCUT2D eigenvalue weighted by atomic mass is 10.1. The van der Waals surface area contributed by atoms with Gasteiger partial charge in [-0.3, -0.25) is 14.9 Å². The van der Waals surface area contributed by atoms with Crippen molar-refractivity contribution in [1.82, 2.24) is 5.32 Å². The monoisotopic (exact) mass is 266 g/mol. The first-order valence-electron chi connectivity index (χ1n) is 5.13. The minimum Gasteiger partial charge on any atom is -0.349 e. The molecule has 1 aromatic rings. The second-order valence-electron chi connectivity index (χ2n) is 3.74. The molecule has 0 fully saturated rings. The largest absolute Gasteiger partial charge is 0.349 e. The summed E-state index contributed by atoms with van der Waals surface area (Å²) in [5.74, 6) is 1.97. The average Bonchev–Trinajstić information content (AvgIpc) is 2.28. The van der Waals surface area contributed by atoms with Crippen LogP contribution in [0.3, 0.4) is 0 Å². The van der Waals surface area contributed by atoms with Crippen LogP contribution in [0.25, 0.3) is 0 Å². The number of rotatable bonds is 4. The molecule has 1 rings (SSSR count). The SMILES string of the molecule is C#CCC(C)NC(=O)c1cc(Cl)cc([N+](=O)[O-])c1. The van der Waals surface area contributed by atoms with Crippen molar-refractivity contribution in [1.29, 1.82) is 0 Å². The zero-order valence-electron chi connectivity index (χ0n) is 9.64. The Morgan fingerprint density at radius 1 is 1.61 bits per heavy atom. The molecule has 5 nitrogen and oxygen atoms in total. The maximum Gasteiger partial charge on any atom is 0.271 e. The Bertz CT molecular complexity index is 523. The van der Waals surface area contributed by atoms with Gasteiger partial charge < -0.3 is 5.32 Å². The zero-order valence-corrected chi connectivity index (χ0v) is 10.4. The number of hydrogen-bond acceptors (Lipinski definition) is 3. The van der Waals surface area contributed by atoms with E-state index in [-0.39, 0.29) is 22.3 Å². The third-order valence-electron chi connectivity index (χ3n) is 2.16. The van der Waals surface area contributed by atoms with Crippen LogP contribution in [0.2, 0.25) is 5.02 Å². The van der Waals surface area contributed by atoms with Gasteiger partial charge in [0.15, 0.2) is 0 Å². The van der Waals surface area contributed by atoms with E-state index in [0.717, 1.165) is 0 Å². The second kappa shape index (κ2) is 6.03. The summed E-state index contributed by atoms with van der Waals surface area (Å²) in [6.07, 6.45) is 5.50. The fraction of sp³-hybridized carbons (Fsp3) is 0.250. The van der Waals surface area contributed by atoms with Crippen LogP contribution < -0.4 is 5.32 Å². The van der Waals surface area contributed by atoms with Gasteiger partial charge in [0.05, 0.1) is 4.92 Å². The number of nitrogens with one attached hydrogen (secondary N) is 1. The van der Waals surface area contributed by atoms with E-state index in [2.05, 4.69) is 11.2 Å². The number of terminal acetylenes is 1. The van der Waals surface area contributed by atoms with Crippen LogP contribution in [0.5, 0.6) is 0 Å². The van der Waals surface area contributed by atoms with Crippen LogP contribution in [0, 0.1) is 22.5 Å². The Labute approximate surface area is 109 Å². The molecule has 0 aromatic heterocycles. The van der Waals surface area contributed by atoms with Crippen LogP contribution in [0.4, 0.5) is 5.69 Å². The highest BCUT2D eigenvalue weighted by Gasteiger charge is 2.15. The van der Waals surface area contributed by atoms with E-state index in [1.807, 2.05) is 0 Å². The van der Waals surface area contributed by atoms with Crippen molar-refractivity contribution >= 4 is 23.2 Å². The molecule has 0 saturated heterocycles. The van der Waals surface area contributed by atoms with Gasteiger partial charge in [0.25, 0.3) is 11.6 Å². The van der Waals surface area contributed by atoms with E-state index in [1.165, 1.54) is 18.2 Å². The molecule has 6 heteroatoms. The summed E-state index contributed by atoms with van der Waals surface area (Å²) < 4.78 is 0. The third-order valence-corrected chi connectivity index (χ3v) is 2.38. The molecule has 0 aliphatic carbocycles. The molecule has 94 valence electrons. The molecule has 0 aliphatic rings. The molecule has 0 saturated carbocycles. The molecule has 0 bridgehead atoms. The minimum absolute atomic E-state index is 0.137. The Kier molecular flexibility index (Phi) is 4.69. The number of carbonyl (C=O) groups excluding carboxylic acids is 1. The van der Waals surface area contributed by atoms with Gasteiger partial charge in [-0.15, -0.1) is 12.3 Å². The maximum atomic E-state index is 11.8. The standard InChI is InChI=1S/C12H11ClN2O3/c1-3-4-8(2)14-12(16)9-5-10(13)7-11(6-9)15(17)18/h1,5-8H,4H2,2H3,(H,14,16). The molecule has 1 unspecified atom stereocenters. The third kappa shape index (κ3) is 3.75. The van der Waals surface area contributed by atoms with Crippen LogP contribution in [0.15, 0.2) is 18.2 Å². The number of nitrogens with zero attached hydrogens (tertiary/aromatic N) is 1. The number of non-ortho nitro benzene ring substituents is 1. The highest BCUT2D eigenvalue weighted by atomic mass is 35.5. The van der Waals surface area contributed by atoms with Gasteiger partial charge in [-0.05, 0) is 13.0 Å². The number of nitro groups is 1. The molecule has 18 heavy (non-hydrogen) atoms. The normalized spacial score (nSPS) is 11.4. The molecule has 0 radical (unpaired) electrons. The van der Waals surface area contributed by atoms with Gasteiger partial charge in [-0.25, -0.2) is 0 Å². The van der Waals surface area contributed by atoms with Crippen molar-refractivity contribution in [3.63, 3.8) is 0 Å². The predicted molar refractivity (Wildman–Crippen MR) is 68.5 cm³/mol. The minimum atomic E-state index is -0.604. The Morgan fingerprint density at radius 2 is 2.28 bits per heavy atom. The first-order valence-corrected chi connectivity index (χ1v) is 5.51. The van der Waals surface area contributed by atoms with Crippen molar-refractivity contribution in [3.8, 4) is 12.3 Å². The Balaban J connectivity index is 2.93. The quantitative estimate of drug-likeness (QED) is 0.517. The highest BCUT2D eigenvalue weighted by molar-refractivity contribution is 6.31. The molecule has 0 spiro atoms. The first kappa shape index (κ1) is 14.0.